The lowest BCUT2D eigenvalue weighted by Gasteiger charge is -2.47. The molecule has 1 aliphatic carbocycles. The van der Waals surface area contributed by atoms with E-state index in [4.69, 9.17) is 4.74 Å². The number of amides is 3. The van der Waals surface area contributed by atoms with Crippen molar-refractivity contribution < 1.29 is 19.4 Å². The van der Waals surface area contributed by atoms with Crippen molar-refractivity contribution in [2.45, 2.75) is 50.3 Å². The summed E-state index contributed by atoms with van der Waals surface area (Å²) >= 11 is 0. The third-order valence-corrected chi connectivity index (χ3v) is 6.41. The van der Waals surface area contributed by atoms with E-state index in [1.54, 1.807) is 24.3 Å². The number of fused-ring (bicyclic) bond motifs is 1. The van der Waals surface area contributed by atoms with Crippen LogP contribution in [0.2, 0.25) is 0 Å². The van der Waals surface area contributed by atoms with Gasteiger partial charge in [-0.15, -0.1) is 0 Å². The van der Waals surface area contributed by atoms with E-state index in [0.717, 1.165) is 71.4 Å². The van der Waals surface area contributed by atoms with Gasteiger partial charge >= 0.3 is 6.03 Å². The number of urea groups is 1. The first-order chi connectivity index (χ1) is 14.6. The Morgan fingerprint density at radius 2 is 1.93 bits per heavy atom. The third-order valence-electron chi connectivity index (χ3n) is 6.41. The first-order valence-electron chi connectivity index (χ1n) is 11.1. The topological polar surface area (TPSA) is 94.1 Å². The summed E-state index contributed by atoms with van der Waals surface area (Å²) in [7, 11) is 0. The number of nitrogens with one attached hydrogen (secondary N) is 2. The molecule has 3 aliphatic rings. The van der Waals surface area contributed by atoms with Gasteiger partial charge in [-0.2, -0.15) is 0 Å². The molecule has 3 N–H and O–H groups in total. The number of nitrogens with zero attached hydrogens (tertiary/aromatic N) is 2. The van der Waals surface area contributed by atoms with Crippen LogP contribution in [0, 0.1) is 0 Å². The number of hydrogen-bond donors (Lipinski definition) is 3. The number of benzene rings is 1. The molecule has 0 radical (unpaired) electrons. The van der Waals surface area contributed by atoms with E-state index >= 15 is 0 Å². The molecule has 0 bridgehead atoms. The van der Waals surface area contributed by atoms with Crippen molar-refractivity contribution in [3.8, 4) is 0 Å². The molecular formula is C22H32N4O4. The monoisotopic (exact) mass is 416 g/mol. The quantitative estimate of drug-likeness (QED) is 0.616. The summed E-state index contributed by atoms with van der Waals surface area (Å²) in [4.78, 5) is 30.0. The predicted octanol–water partition coefficient (Wildman–Crippen LogP) is 1.85. The maximum absolute atomic E-state index is 13.3. The fourth-order valence-electron chi connectivity index (χ4n) is 4.80. The molecule has 1 aromatic carbocycles. The van der Waals surface area contributed by atoms with Crippen LogP contribution >= 0.6 is 0 Å². The van der Waals surface area contributed by atoms with Crippen LogP contribution in [0.3, 0.4) is 0 Å². The lowest BCUT2D eigenvalue weighted by atomic mass is 9.88. The molecule has 1 unspecified atom stereocenters. The van der Waals surface area contributed by atoms with Crippen molar-refractivity contribution in [2.75, 3.05) is 44.7 Å². The fourth-order valence-corrected chi connectivity index (χ4v) is 4.80. The van der Waals surface area contributed by atoms with Crippen LogP contribution in [0.5, 0.6) is 0 Å². The van der Waals surface area contributed by atoms with Crippen LogP contribution in [0.1, 0.15) is 44.1 Å². The number of anilines is 1. The minimum atomic E-state index is -2.00. The molecule has 164 valence electrons. The molecule has 1 atom stereocenters. The van der Waals surface area contributed by atoms with Crippen LogP contribution in [-0.4, -0.2) is 72.3 Å². The van der Waals surface area contributed by atoms with Crippen molar-refractivity contribution >= 4 is 17.6 Å². The number of ether oxygens (including phenoxy) is 1. The van der Waals surface area contributed by atoms with E-state index in [2.05, 4.69) is 15.5 Å². The van der Waals surface area contributed by atoms with Crippen LogP contribution in [0.4, 0.5) is 10.5 Å². The lowest BCUT2D eigenvalue weighted by molar-refractivity contribution is -0.165. The highest BCUT2D eigenvalue weighted by molar-refractivity contribution is 6.01. The van der Waals surface area contributed by atoms with E-state index in [9.17, 15) is 14.7 Å². The lowest BCUT2D eigenvalue weighted by Crippen LogP contribution is -2.65. The smallest absolute Gasteiger partial charge is 0.325 e. The molecule has 4 rings (SSSR count). The van der Waals surface area contributed by atoms with Gasteiger partial charge in [0.1, 0.15) is 0 Å². The Balaban J connectivity index is 1.49. The Morgan fingerprint density at radius 1 is 1.20 bits per heavy atom. The Bertz CT molecular complexity index is 761. The second-order valence-corrected chi connectivity index (χ2v) is 8.37. The Kier molecular flexibility index (Phi) is 6.55. The molecule has 1 saturated carbocycles. The second-order valence-electron chi connectivity index (χ2n) is 8.37. The highest BCUT2D eigenvalue weighted by Crippen LogP contribution is 2.40. The summed E-state index contributed by atoms with van der Waals surface area (Å²) in [5.41, 5.74) is -1.08. The minimum absolute atomic E-state index is 0.156. The zero-order valence-electron chi connectivity index (χ0n) is 17.4. The van der Waals surface area contributed by atoms with Crippen molar-refractivity contribution in [3.05, 3.63) is 29.8 Å². The van der Waals surface area contributed by atoms with Gasteiger partial charge in [0.2, 0.25) is 0 Å². The van der Waals surface area contributed by atoms with Gasteiger partial charge in [-0.1, -0.05) is 37.5 Å². The maximum Gasteiger partial charge on any atom is 0.325 e. The summed E-state index contributed by atoms with van der Waals surface area (Å²) in [5, 5.41) is 17.5. The second kappa shape index (κ2) is 9.32. The van der Waals surface area contributed by atoms with Crippen LogP contribution in [0.15, 0.2) is 24.3 Å². The number of aliphatic hydroxyl groups is 1. The van der Waals surface area contributed by atoms with Crippen molar-refractivity contribution in [3.63, 3.8) is 0 Å². The van der Waals surface area contributed by atoms with Crippen LogP contribution < -0.4 is 10.6 Å². The van der Waals surface area contributed by atoms with Gasteiger partial charge < -0.3 is 20.5 Å². The molecule has 8 nitrogen and oxygen atoms in total. The zero-order valence-corrected chi connectivity index (χ0v) is 17.4. The number of carbonyl (C=O) groups excluding carboxylic acids is 2. The summed E-state index contributed by atoms with van der Waals surface area (Å²) in [5.74, 6) is -0.530. The average molecular weight is 417 g/mol. The molecule has 3 amide bonds. The number of hydrogen-bond acceptors (Lipinski definition) is 5. The average Bonchev–Trinajstić information content (AvgIpc) is 2.78. The summed E-state index contributed by atoms with van der Waals surface area (Å²) in [6.07, 6.45) is 5.47. The van der Waals surface area contributed by atoms with Crippen molar-refractivity contribution in [1.29, 1.82) is 0 Å². The normalized spacial score (nSPS) is 25.5. The SMILES string of the molecule is O=C1Nc2ccccc2C(O)(C(=O)NCCCN2CCOCC2)N1C1CCCCC1. The predicted molar refractivity (Wildman–Crippen MR) is 113 cm³/mol. The largest absolute Gasteiger partial charge is 0.379 e. The van der Waals surface area contributed by atoms with Crippen LogP contribution in [-0.2, 0) is 15.3 Å². The minimum Gasteiger partial charge on any atom is -0.379 e. The number of morpholine rings is 1. The molecule has 8 heteroatoms. The van der Waals surface area contributed by atoms with Crippen molar-refractivity contribution in [2.24, 2.45) is 0 Å². The third kappa shape index (κ3) is 4.17. The number of carbonyl (C=O) groups is 2. The van der Waals surface area contributed by atoms with Crippen LogP contribution in [0.25, 0.3) is 0 Å². The van der Waals surface area contributed by atoms with Gasteiger partial charge in [0.15, 0.2) is 0 Å². The Labute approximate surface area is 177 Å². The highest BCUT2D eigenvalue weighted by Gasteiger charge is 2.53. The molecule has 2 heterocycles. The summed E-state index contributed by atoms with van der Waals surface area (Å²) in [6.45, 7) is 4.61. The molecule has 2 fully saturated rings. The van der Waals surface area contributed by atoms with Gasteiger partial charge in [-0.05, 0) is 31.9 Å². The fraction of sp³-hybridized carbons (Fsp3) is 0.636. The van der Waals surface area contributed by atoms with E-state index in [1.807, 2.05) is 0 Å². The molecule has 1 aromatic rings. The first-order valence-corrected chi connectivity index (χ1v) is 11.1. The summed E-state index contributed by atoms with van der Waals surface area (Å²) in [6, 6.07) is 6.45. The molecule has 2 aliphatic heterocycles. The van der Waals surface area contributed by atoms with E-state index < -0.39 is 17.7 Å². The van der Waals surface area contributed by atoms with E-state index in [1.165, 1.54) is 4.90 Å². The first kappa shape index (κ1) is 21.1. The van der Waals surface area contributed by atoms with E-state index in [-0.39, 0.29) is 6.04 Å². The molecule has 1 saturated heterocycles. The van der Waals surface area contributed by atoms with Crippen molar-refractivity contribution in [1.82, 2.24) is 15.1 Å². The standard InChI is InChI=1S/C22H32N4O4/c27-20(23-11-6-12-25-13-15-30-16-14-25)22(29)18-9-4-5-10-19(18)24-21(28)26(22)17-7-2-1-3-8-17/h4-5,9-10,17,29H,1-3,6-8,11-16H2,(H,23,27)(H,24,28). The van der Waals surface area contributed by atoms with Gasteiger partial charge in [-0.25, -0.2) is 4.79 Å². The van der Waals surface area contributed by atoms with Gasteiger partial charge in [-0.3, -0.25) is 14.6 Å². The van der Waals surface area contributed by atoms with Gasteiger partial charge in [0.25, 0.3) is 11.6 Å². The highest BCUT2D eigenvalue weighted by atomic mass is 16.5. The number of para-hydroxylation sites is 1. The molecule has 0 spiro atoms. The molecular weight excluding hydrogens is 384 g/mol. The summed E-state index contributed by atoms with van der Waals surface area (Å²) < 4.78 is 5.36. The van der Waals surface area contributed by atoms with Gasteiger partial charge in [0, 0.05) is 31.2 Å². The molecule has 0 aromatic heterocycles. The Hall–Kier alpha value is -2.16. The Morgan fingerprint density at radius 3 is 2.70 bits per heavy atom. The number of rotatable bonds is 6. The van der Waals surface area contributed by atoms with E-state index in [0.29, 0.717) is 17.8 Å². The molecule has 30 heavy (non-hydrogen) atoms. The van der Waals surface area contributed by atoms with Gasteiger partial charge in [0.05, 0.1) is 18.9 Å². The zero-order chi connectivity index (χ0) is 21.0. The maximum atomic E-state index is 13.3.